The lowest BCUT2D eigenvalue weighted by Crippen LogP contribution is -2.21. The van der Waals surface area contributed by atoms with E-state index in [1.807, 2.05) is 18.5 Å². The Hall–Kier alpha value is -1.51. The molecule has 0 spiro atoms. The Morgan fingerprint density at radius 2 is 1.83 bits per heavy atom. The van der Waals surface area contributed by atoms with Crippen LogP contribution < -0.4 is 5.32 Å². The summed E-state index contributed by atoms with van der Waals surface area (Å²) in [5, 5.41) is 3.70. The molecule has 96 valence electrons. The van der Waals surface area contributed by atoms with E-state index in [-0.39, 0.29) is 0 Å². The average molecular weight is 243 g/mol. The van der Waals surface area contributed by atoms with Gasteiger partial charge in [0.05, 0.1) is 0 Å². The van der Waals surface area contributed by atoms with Crippen molar-refractivity contribution in [1.29, 1.82) is 0 Å². The van der Waals surface area contributed by atoms with Crippen LogP contribution in [0.5, 0.6) is 0 Å². The lowest BCUT2D eigenvalue weighted by Gasteiger charge is -2.22. The minimum atomic E-state index is 0.623. The highest BCUT2D eigenvalue weighted by atomic mass is 15.1. The number of imidazole rings is 1. The van der Waals surface area contributed by atoms with Crippen molar-refractivity contribution in [3.8, 4) is 0 Å². The first-order chi connectivity index (χ1) is 8.93. The fourth-order valence-corrected chi connectivity index (χ4v) is 2.87. The maximum Gasteiger partial charge on any atom is 0.138 e. The van der Waals surface area contributed by atoms with Gasteiger partial charge in [0.15, 0.2) is 0 Å². The van der Waals surface area contributed by atoms with E-state index in [9.17, 15) is 0 Å². The highest BCUT2D eigenvalue weighted by Crippen LogP contribution is 2.21. The summed E-state index contributed by atoms with van der Waals surface area (Å²) in [6.07, 6.45) is 13.4. The predicted molar refractivity (Wildman–Crippen MR) is 74.9 cm³/mol. The summed E-state index contributed by atoms with van der Waals surface area (Å²) in [5.74, 6) is 1.18. The number of hydrogen-bond donors (Lipinski definition) is 1. The molecule has 18 heavy (non-hydrogen) atoms. The van der Waals surface area contributed by atoms with E-state index in [2.05, 4.69) is 26.8 Å². The first-order valence-corrected chi connectivity index (χ1v) is 7.12. The van der Waals surface area contributed by atoms with Crippen LogP contribution in [0.1, 0.15) is 44.9 Å². The minimum absolute atomic E-state index is 0.623. The first-order valence-electron chi connectivity index (χ1n) is 7.12. The number of fused-ring (bicyclic) bond motifs is 1. The maximum absolute atomic E-state index is 4.33. The standard InChI is InChI=1S/C15H21N3/c1-2-4-7-13(8-5-3-1)17-15-10-6-9-14-16-11-12-18(14)15/h6,9-13,17H,1-5,7-8H2. The van der Waals surface area contributed by atoms with Gasteiger partial charge in [-0.3, -0.25) is 4.40 Å². The van der Waals surface area contributed by atoms with Crippen LogP contribution in [-0.2, 0) is 0 Å². The Morgan fingerprint density at radius 3 is 2.67 bits per heavy atom. The van der Waals surface area contributed by atoms with Crippen molar-refractivity contribution in [3.05, 3.63) is 30.6 Å². The smallest absolute Gasteiger partial charge is 0.138 e. The lowest BCUT2D eigenvalue weighted by molar-refractivity contribution is 0.470. The number of hydrogen-bond acceptors (Lipinski definition) is 2. The third kappa shape index (κ3) is 2.50. The summed E-state index contributed by atoms with van der Waals surface area (Å²) in [7, 11) is 0. The monoisotopic (exact) mass is 243 g/mol. The van der Waals surface area contributed by atoms with Gasteiger partial charge >= 0.3 is 0 Å². The summed E-state index contributed by atoms with van der Waals surface area (Å²) < 4.78 is 2.14. The quantitative estimate of drug-likeness (QED) is 0.867. The van der Waals surface area contributed by atoms with Crippen molar-refractivity contribution in [2.45, 2.75) is 51.0 Å². The summed E-state index contributed by atoms with van der Waals surface area (Å²) in [5.41, 5.74) is 1.02. The molecule has 2 aromatic rings. The number of nitrogens with one attached hydrogen (secondary N) is 1. The SMILES string of the molecule is c1cc(NC2CCCCCCC2)n2ccnc2c1. The van der Waals surface area contributed by atoms with Crippen LogP contribution in [0.15, 0.2) is 30.6 Å². The van der Waals surface area contributed by atoms with Gasteiger partial charge in [-0.25, -0.2) is 4.98 Å². The minimum Gasteiger partial charge on any atom is -0.368 e. The van der Waals surface area contributed by atoms with Gasteiger partial charge in [0.2, 0.25) is 0 Å². The zero-order chi connectivity index (χ0) is 12.2. The van der Waals surface area contributed by atoms with E-state index in [0.29, 0.717) is 6.04 Å². The van der Waals surface area contributed by atoms with E-state index in [4.69, 9.17) is 0 Å². The van der Waals surface area contributed by atoms with Crippen LogP contribution in [0.3, 0.4) is 0 Å². The van der Waals surface area contributed by atoms with E-state index >= 15 is 0 Å². The Kier molecular flexibility index (Phi) is 3.49. The molecular weight excluding hydrogens is 222 g/mol. The molecular formula is C15H21N3. The number of anilines is 1. The molecule has 0 saturated heterocycles. The Balaban J connectivity index is 1.76. The zero-order valence-electron chi connectivity index (χ0n) is 10.8. The largest absolute Gasteiger partial charge is 0.368 e. The van der Waals surface area contributed by atoms with E-state index in [1.165, 1.54) is 50.8 Å². The molecule has 1 aliphatic carbocycles. The second-order valence-corrected chi connectivity index (χ2v) is 5.25. The lowest BCUT2D eigenvalue weighted by atomic mass is 9.97. The van der Waals surface area contributed by atoms with Gasteiger partial charge in [-0.05, 0) is 25.0 Å². The molecule has 1 aliphatic rings. The van der Waals surface area contributed by atoms with Crippen molar-refractivity contribution >= 4 is 11.5 Å². The molecule has 0 atom stereocenters. The Morgan fingerprint density at radius 1 is 1.06 bits per heavy atom. The molecule has 1 fully saturated rings. The second kappa shape index (κ2) is 5.42. The molecule has 2 heterocycles. The molecule has 0 aliphatic heterocycles. The normalized spacial score (nSPS) is 18.4. The van der Waals surface area contributed by atoms with Crippen molar-refractivity contribution in [3.63, 3.8) is 0 Å². The van der Waals surface area contributed by atoms with Gasteiger partial charge in [0.1, 0.15) is 11.5 Å². The van der Waals surface area contributed by atoms with Crippen LogP contribution in [0, 0.1) is 0 Å². The molecule has 0 bridgehead atoms. The molecule has 3 nitrogen and oxygen atoms in total. The van der Waals surface area contributed by atoms with E-state index in [0.717, 1.165) is 5.65 Å². The molecule has 3 heteroatoms. The van der Waals surface area contributed by atoms with Crippen molar-refractivity contribution < 1.29 is 0 Å². The molecule has 0 unspecified atom stereocenters. The van der Waals surface area contributed by atoms with Gasteiger partial charge < -0.3 is 5.32 Å². The molecule has 0 radical (unpaired) electrons. The third-order valence-electron chi connectivity index (χ3n) is 3.89. The highest BCUT2D eigenvalue weighted by Gasteiger charge is 2.12. The van der Waals surface area contributed by atoms with Crippen LogP contribution >= 0.6 is 0 Å². The third-order valence-corrected chi connectivity index (χ3v) is 3.89. The number of rotatable bonds is 2. The van der Waals surface area contributed by atoms with Crippen LogP contribution in [-0.4, -0.2) is 15.4 Å². The molecule has 2 aromatic heterocycles. The van der Waals surface area contributed by atoms with Gasteiger partial charge in [-0.2, -0.15) is 0 Å². The van der Waals surface area contributed by atoms with Gasteiger partial charge in [-0.15, -0.1) is 0 Å². The number of pyridine rings is 1. The predicted octanol–water partition coefficient (Wildman–Crippen LogP) is 3.86. The zero-order valence-corrected chi connectivity index (χ0v) is 10.8. The number of aromatic nitrogens is 2. The highest BCUT2D eigenvalue weighted by molar-refractivity contribution is 5.50. The van der Waals surface area contributed by atoms with Gasteiger partial charge in [0.25, 0.3) is 0 Å². The molecule has 0 aromatic carbocycles. The van der Waals surface area contributed by atoms with Crippen molar-refractivity contribution in [2.75, 3.05) is 5.32 Å². The first kappa shape index (κ1) is 11.6. The van der Waals surface area contributed by atoms with E-state index in [1.54, 1.807) is 0 Å². The van der Waals surface area contributed by atoms with Crippen LogP contribution in [0.2, 0.25) is 0 Å². The maximum atomic E-state index is 4.33. The van der Waals surface area contributed by atoms with Crippen molar-refractivity contribution in [1.82, 2.24) is 9.38 Å². The fourth-order valence-electron chi connectivity index (χ4n) is 2.87. The fraction of sp³-hybridized carbons (Fsp3) is 0.533. The summed E-state index contributed by atoms with van der Waals surface area (Å²) in [6.45, 7) is 0. The summed E-state index contributed by atoms with van der Waals surface area (Å²) in [4.78, 5) is 4.33. The Labute approximate surface area is 108 Å². The summed E-state index contributed by atoms with van der Waals surface area (Å²) in [6, 6.07) is 6.89. The van der Waals surface area contributed by atoms with Crippen LogP contribution in [0.25, 0.3) is 5.65 Å². The Bertz CT molecular complexity index is 495. The van der Waals surface area contributed by atoms with Gasteiger partial charge in [0, 0.05) is 18.4 Å². The average Bonchev–Trinajstić information content (AvgIpc) is 2.81. The molecule has 1 saturated carbocycles. The van der Waals surface area contributed by atoms with Crippen molar-refractivity contribution in [2.24, 2.45) is 0 Å². The van der Waals surface area contributed by atoms with Gasteiger partial charge in [-0.1, -0.05) is 38.2 Å². The van der Waals surface area contributed by atoms with Crippen LogP contribution in [0.4, 0.5) is 5.82 Å². The topological polar surface area (TPSA) is 29.3 Å². The molecule has 0 amide bonds. The second-order valence-electron chi connectivity index (χ2n) is 5.25. The summed E-state index contributed by atoms with van der Waals surface area (Å²) >= 11 is 0. The number of nitrogens with zero attached hydrogens (tertiary/aromatic N) is 2. The van der Waals surface area contributed by atoms with E-state index < -0.39 is 0 Å². The molecule has 3 rings (SSSR count). The molecule has 1 N–H and O–H groups in total.